The first-order valence-corrected chi connectivity index (χ1v) is 10.3. The highest BCUT2D eigenvalue weighted by molar-refractivity contribution is 7.21. The summed E-state index contributed by atoms with van der Waals surface area (Å²) in [5.41, 5.74) is 4.91. The summed E-state index contributed by atoms with van der Waals surface area (Å²) >= 11 is 1.55. The number of aromatic nitrogens is 4. The van der Waals surface area contributed by atoms with E-state index in [4.69, 9.17) is 4.98 Å². The number of hydrogen-bond acceptors (Lipinski definition) is 6. The first kappa shape index (κ1) is 22.7. The van der Waals surface area contributed by atoms with Gasteiger partial charge in [-0.1, -0.05) is 0 Å². The fourth-order valence-electron chi connectivity index (χ4n) is 3.91. The van der Waals surface area contributed by atoms with Crippen LogP contribution in [0, 0.1) is 19.7 Å². The fourth-order valence-corrected chi connectivity index (χ4v) is 5.01. The number of fused-ring (bicyclic) bond motifs is 2. The van der Waals surface area contributed by atoms with Crippen molar-refractivity contribution in [2.24, 2.45) is 0 Å². The Hall–Kier alpha value is -1.93. The average Bonchev–Trinajstić information content (AvgIpc) is 3.13. The lowest BCUT2D eigenvalue weighted by Gasteiger charge is -2.21. The summed E-state index contributed by atoms with van der Waals surface area (Å²) in [6.07, 6.45) is 2.02. The van der Waals surface area contributed by atoms with Gasteiger partial charge >= 0.3 is 0 Å². The summed E-state index contributed by atoms with van der Waals surface area (Å²) < 4.78 is 16.0. The predicted octanol–water partition coefficient (Wildman–Crippen LogP) is 5.37. The molecule has 0 unspecified atom stereocenters. The normalized spacial score (nSPS) is 14.5. The van der Waals surface area contributed by atoms with Crippen LogP contribution in [0.4, 0.5) is 4.39 Å². The Morgan fingerprint density at radius 2 is 1.77 bits per heavy atom. The van der Waals surface area contributed by atoms with Crippen molar-refractivity contribution in [3.63, 3.8) is 0 Å². The third kappa shape index (κ3) is 4.12. The number of halogens is 3. The monoisotopic (exact) mass is 465 g/mol. The van der Waals surface area contributed by atoms with Crippen molar-refractivity contribution in [3.05, 3.63) is 47.2 Å². The minimum atomic E-state index is -0.275. The Morgan fingerprint density at radius 1 is 1.00 bits per heavy atom. The van der Waals surface area contributed by atoms with Gasteiger partial charge in [-0.25, -0.2) is 9.37 Å². The van der Waals surface area contributed by atoms with E-state index >= 15 is 0 Å². The zero-order valence-electron chi connectivity index (χ0n) is 16.6. The third-order valence-electron chi connectivity index (χ3n) is 5.36. The number of rotatable bonds is 2. The quantitative estimate of drug-likeness (QED) is 0.431. The molecule has 5 rings (SSSR count). The lowest BCUT2D eigenvalue weighted by molar-refractivity contribution is 0.451. The largest absolute Gasteiger partial charge is 0.317 e. The van der Waals surface area contributed by atoms with Crippen LogP contribution in [0.2, 0.25) is 0 Å². The molecule has 0 radical (unpaired) electrons. The number of piperidine rings is 1. The number of nitrogens with zero attached hydrogens (tertiary/aromatic N) is 4. The lowest BCUT2D eigenvalue weighted by atomic mass is 9.93. The van der Waals surface area contributed by atoms with Crippen molar-refractivity contribution < 1.29 is 4.39 Å². The smallest absolute Gasteiger partial charge is 0.133 e. The van der Waals surface area contributed by atoms with Crippen LogP contribution in [0.5, 0.6) is 0 Å². The molecule has 1 fully saturated rings. The molecule has 0 spiro atoms. The van der Waals surface area contributed by atoms with E-state index in [-0.39, 0.29) is 30.6 Å². The van der Waals surface area contributed by atoms with E-state index in [0.29, 0.717) is 16.8 Å². The fraction of sp³-hybridized carbons (Fsp3) is 0.333. The second-order valence-corrected chi connectivity index (χ2v) is 8.43. The summed E-state index contributed by atoms with van der Waals surface area (Å²) in [5.74, 6) is 0.0723. The average molecular weight is 466 g/mol. The minimum absolute atomic E-state index is 0. The summed E-state index contributed by atoms with van der Waals surface area (Å²) in [7, 11) is 0. The van der Waals surface area contributed by atoms with E-state index in [2.05, 4.69) is 20.5 Å². The first-order valence-electron chi connectivity index (χ1n) is 9.51. The van der Waals surface area contributed by atoms with Gasteiger partial charge in [-0.15, -0.1) is 36.2 Å². The summed E-state index contributed by atoms with van der Waals surface area (Å²) in [6.45, 7) is 5.86. The molecule has 9 heteroatoms. The number of hydrogen-bond donors (Lipinski definition) is 1. The standard InChI is InChI=1S/C21H20FN5S.2ClH/c1-11-7-19-20(12(2)24-11)25-21(28-19)14-8-16(22)15-10-17(26-27-18(15)9-14)13-3-5-23-6-4-13;;/h7-10,13,23H,3-6H2,1-2H3;2*1H. The highest BCUT2D eigenvalue weighted by Crippen LogP contribution is 2.34. The Morgan fingerprint density at radius 3 is 2.53 bits per heavy atom. The maximum Gasteiger partial charge on any atom is 0.133 e. The summed E-state index contributed by atoms with van der Waals surface area (Å²) in [5, 5.41) is 13.4. The molecule has 5 nitrogen and oxygen atoms in total. The van der Waals surface area contributed by atoms with Crippen LogP contribution < -0.4 is 5.32 Å². The summed E-state index contributed by atoms with van der Waals surface area (Å²) in [6, 6.07) is 7.33. The van der Waals surface area contributed by atoms with Gasteiger partial charge < -0.3 is 5.32 Å². The van der Waals surface area contributed by atoms with E-state index in [1.165, 1.54) is 0 Å². The maximum atomic E-state index is 15.0. The molecular weight excluding hydrogens is 444 g/mol. The molecular formula is C21H22Cl2FN5S. The molecule has 1 aliphatic rings. The van der Waals surface area contributed by atoms with Crippen LogP contribution in [0.15, 0.2) is 24.3 Å². The molecule has 0 amide bonds. The van der Waals surface area contributed by atoms with Crippen LogP contribution in [0.3, 0.4) is 0 Å². The van der Waals surface area contributed by atoms with E-state index in [1.807, 2.05) is 32.0 Å². The third-order valence-corrected chi connectivity index (χ3v) is 6.41. The predicted molar refractivity (Wildman–Crippen MR) is 125 cm³/mol. The zero-order valence-corrected chi connectivity index (χ0v) is 19.1. The van der Waals surface area contributed by atoms with Crippen LogP contribution in [0.25, 0.3) is 31.7 Å². The molecule has 0 aliphatic carbocycles. The van der Waals surface area contributed by atoms with Gasteiger partial charge in [0.1, 0.15) is 16.3 Å². The van der Waals surface area contributed by atoms with Gasteiger partial charge in [-0.3, -0.25) is 4.98 Å². The molecule has 0 saturated carbocycles. The second kappa shape index (κ2) is 9.06. The number of thiazole rings is 1. The lowest BCUT2D eigenvalue weighted by Crippen LogP contribution is -2.27. The Labute approximate surface area is 190 Å². The first-order chi connectivity index (χ1) is 13.6. The van der Waals surface area contributed by atoms with Crippen molar-refractivity contribution in [3.8, 4) is 10.6 Å². The van der Waals surface area contributed by atoms with Gasteiger partial charge in [-0.2, -0.15) is 10.2 Å². The van der Waals surface area contributed by atoms with Gasteiger partial charge in [0.25, 0.3) is 0 Å². The number of benzene rings is 1. The topological polar surface area (TPSA) is 63.6 Å². The number of aryl methyl sites for hydroxylation is 2. The molecule has 0 atom stereocenters. The maximum absolute atomic E-state index is 15.0. The Balaban J connectivity index is 0.00000128. The van der Waals surface area contributed by atoms with Crippen molar-refractivity contribution in [1.29, 1.82) is 0 Å². The molecule has 1 aliphatic heterocycles. The van der Waals surface area contributed by atoms with Gasteiger partial charge in [0, 0.05) is 22.6 Å². The van der Waals surface area contributed by atoms with E-state index in [1.54, 1.807) is 17.4 Å². The molecule has 1 saturated heterocycles. The van der Waals surface area contributed by atoms with Crippen LogP contribution in [-0.2, 0) is 0 Å². The van der Waals surface area contributed by atoms with Gasteiger partial charge in [0.2, 0.25) is 0 Å². The summed E-state index contributed by atoms with van der Waals surface area (Å²) in [4.78, 5) is 9.17. The Bertz CT molecular complexity index is 1210. The molecule has 4 heterocycles. The number of pyridine rings is 1. The molecule has 30 heavy (non-hydrogen) atoms. The second-order valence-electron chi connectivity index (χ2n) is 7.40. The van der Waals surface area contributed by atoms with Crippen LogP contribution in [0.1, 0.15) is 35.8 Å². The molecule has 158 valence electrons. The highest BCUT2D eigenvalue weighted by atomic mass is 35.5. The van der Waals surface area contributed by atoms with E-state index in [0.717, 1.165) is 63.8 Å². The van der Waals surface area contributed by atoms with Gasteiger partial charge in [-0.05, 0) is 64.0 Å². The SMILES string of the molecule is Cc1cc2sc(-c3cc(F)c4cc(C5CCNCC5)nnc4c3)nc2c(C)n1.Cl.Cl. The van der Waals surface area contributed by atoms with E-state index in [9.17, 15) is 4.39 Å². The van der Waals surface area contributed by atoms with Crippen LogP contribution >= 0.6 is 36.2 Å². The van der Waals surface area contributed by atoms with Gasteiger partial charge in [0.05, 0.1) is 21.6 Å². The number of nitrogens with one attached hydrogen (secondary N) is 1. The van der Waals surface area contributed by atoms with Crippen molar-refractivity contribution in [1.82, 2.24) is 25.5 Å². The zero-order chi connectivity index (χ0) is 19.3. The highest BCUT2D eigenvalue weighted by Gasteiger charge is 2.19. The van der Waals surface area contributed by atoms with E-state index < -0.39 is 0 Å². The van der Waals surface area contributed by atoms with Crippen LogP contribution in [-0.4, -0.2) is 33.3 Å². The van der Waals surface area contributed by atoms with Crippen molar-refractivity contribution >= 4 is 57.3 Å². The van der Waals surface area contributed by atoms with Gasteiger partial charge in [0.15, 0.2) is 0 Å². The Kier molecular flexibility index (Phi) is 6.87. The van der Waals surface area contributed by atoms with Crippen molar-refractivity contribution in [2.45, 2.75) is 32.6 Å². The minimum Gasteiger partial charge on any atom is -0.317 e. The van der Waals surface area contributed by atoms with Crippen molar-refractivity contribution in [2.75, 3.05) is 13.1 Å². The molecule has 4 aromatic rings. The molecule has 3 aromatic heterocycles. The molecule has 1 aromatic carbocycles. The molecule has 1 N–H and O–H groups in total. The molecule has 0 bridgehead atoms.